The summed E-state index contributed by atoms with van der Waals surface area (Å²) in [6, 6.07) is 3.82. The van der Waals surface area contributed by atoms with Crippen LogP contribution in [-0.2, 0) is 4.79 Å². The molecule has 5 nitrogen and oxygen atoms in total. The van der Waals surface area contributed by atoms with Gasteiger partial charge >= 0.3 is 0 Å². The van der Waals surface area contributed by atoms with Crippen LogP contribution in [0.25, 0.3) is 0 Å². The molecule has 1 aromatic rings. The van der Waals surface area contributed by atoms with Gasteiger partial charge in [0, 0.05) is 38.2 Å². The summed E-state index contributed by atoms with van der Waals surface area (Å²) >= 11 is 0. The first-order valence-corrected chi connectivity index (χ1v) is 9.05. The minimum Gasteiger partial charge on any atom is -0.496 e. The molecule has 0 atom stereocenters. The molecule has 25 heavy (non-hydrogen) atoms. The molecule has 2 rings (SSSR count). The van der Waals surface area contributed by atoms with E-state index in [2.05, 4.69) is 13.8 Å². The third-order valence-electron chi connectivity index (χ3n) is 4.69. The summed E-state index contributed by atoms with van der Waals surface area (Å²) in [6.07, 6.45) is 1.40. The van der Waals surface area contributed by atoms with Gasteiger partial charge in [-0.05, 0) is 49.4 Å². The van der Waals surface area contributed by atoms with E-state index in [1.54, 1.807) is 7.11 Å². The lowest BCUT2D eigenvalue weighted by molar-refractivity contribution is -0.131. The van der Waals surface area contributed by atoms with Crippen LogP contribution in [-0.4, -0.2) is 54.9 Å². The highest BCUT2D eigenvalue weighted by molar-refractivity contribution is 5.96. The fraction of sp³-hybridized carbons (Fsp3) is 0.600. The summed E-state index contributed by atoms with van der Waals surface area (Å²) in [5.41, 5.74) is 2.60. The lowest BCUT2D eigenvalue weighted by Crippen LogP contribution is -2.37. The predicted octanol–water partition coefficient (Wildman–Crippen LogP) is 3.03. The number of hydrogen-bond acceptors (Lipinski definition) is 3. The molecule has 0 aliphatic carbocycles. The molecule has 0 bridgehead atoms. The smallest absolute Gasteiger partial charge is 0.254 e. The number of carbonyl (C=O) groups is 2. The van der Waals surface area contributed by atoms with Gasteiger partial charge < -0.3 is 14.5 Å². The maximum atomic E-state index is 13.0. The minimum absolute atomic E-state index is 0.0430. The van der Waals surface area contributed by atoms with Gasteiger partial charge in [-0.25, -0.2) is 0 Å². The highest BCUT2D eigenvalue weighted by atomic mass is 16.5. The van der Waals surface area contributed by atoms with E-state index in [1.165, 1.54) is 0 Å². The normalized spacial score (nSPS) is 15.3. The molecule has 1 aliphatic rings. The number of ether oxygens (including phenoxy) is 1. The Balaban J connectivity index is 2.08. The van der Waals surface area contributed by atoms with E-state index in [0.29, 0.717) is 32.0 Å². The largest absolute Gasteiger partial charge is 0.496 e. The average Bonchev–Trinajstić information content (AvgIpc) is 2.81. The van der Waals surface area contributed by atoms with E-state index in [4.69, 9.17) is 4.74 Å². The number of hydrogen-bond donors (Lipinski definition) is 0. The van der Waals surface area contributed by atoms with Gasteiger partial charge in [0.05, 0.1) is 7.11 Å². The number of nitrogens with zero attached hydrogens (tertiary/aromatic N) is 2. The highest BCUT2D eigenvalue weighted by Crippen LogP contribution is 2.24. The van der Waals surface area contributed by atoms with Crippen LogP contribution < -0.4 is 4.74 Å². The van der Waals surface area contributed by atoms with Crippen LogP contribution in [0.4, 0.5) is 0 Å². The summed E-state index contributed by atoms with van der Waals surface area (Å²) in [5.74, 6) is 1.40. The molecule has 138 valence electrons. The molecule has 1 saturated heterocycles. The van der Waals surface area contributed by atoms with E-state index < -0.39 is 0 Å². The summed E-state index contributed by atoms with van der Waals surface area (Å²) in [6.45, 7) is 10.6. The van der Waals surface area contributed by atoms with Crippen molar-refractivity contribution in [2.75, 3.05) is 33.3 Å². The monoisotopic (exact) mass is 346 g/mol. The zero-order chi connectivity index (χ0) is 18.6. The van der Waals surface area contributed by atoms with Gasteiger partial charge in [0.25, 0.3) is 5.91 Å². The van der Waals surface area contributed by atoms with Crippen molar-refractivity contribution in [3.63, 3.8) is 0 Å². The summed E-state index contributed by atoms with van der Waals surface area (Å²) < 4.78 is 5.33. The molecule has 0 unspecified atom stereocenters. The van der Waals surface area contributed by atoms with E-state index in [-0.39, 0.29) is 11.8 Å². The molecular weight excluding hydrogens is 316 g/mol. The van der Waals surface area contributed by atoms with Crippen molar-refractivity contribution in [3.05, 3.63) is 28.8 Å². The lowest BCUT2D eigenvalue weighted by Gasteiger charge is -2.23. The van der Waals surface area contributed by atoms with Crippen molar-refractivity contribution in [2.24, 2.45) is 5.92 Å². The second kappa shape index (κ2) is 8.37. The molecule has 0 radical (unpaired) electrons. The van der Waals surface area contributed by atoms with Crippen molar-refractivity contribution in [3.8, 4) is 5.75 Å². The molecule has 1 heterocycles. The number of benzene rings is 1. The van der Waals surface area contributed by atoms with Crippen LogP contribution >= 0.6 is 0 Å². The van der Waals surface area contributed by atoms with E-state index in [1.807, 2.05) is 35.8 Å². The Morgan fingerprint density at radius 2 is 1.68 bits per heavy atom. The van der Waals surface area contributed by atoms with Crippen LogP contribution in [0.3, 0.4) is 0 Å². The standard InChI is InChI=1S/C20H30N2O3/c1-14(2)11-19(23)21-7-6-8-22(10-9-21)20(24)17-12-16(4)18(25-5)13-15(17)3/h12-14H,6-11H2,1-5H3. The third-order valence-corrected chi connectivity index (χ3v) is 4.69. The van der Waals surface area contributed by atoms with Crippen LogP contribution in [0.5, 0.6) is 5.75 Å². The number of amides is 2. The first-order chi connectivity index (χ1) is 11.8. The Bertz CT molecular complexity index is 640. The van der Waals surface area contributed by atoms with Gasteiger partial charge in [0.2, 0.25) is 5.91 Å². The zero-order valence-electron chi connectivity index (χ0n) is 16.1. The Hall–Kier alpha value is -2.04. The van der Waals surface area contributed by atoms with Gasteiger partial charge in [0.15, 0.2) is 0 Å². The van der Waals surface area contributed by atoms with Crippen LogP contribution in [0, 0.1) is 19.8 Å². The first-order valence-electron chi connectivity index (χ1n) is 9.05. The summed E-state index contributed by atoms with van der Waals surface area (Å²) in [5, 5.41) is 0. The van der Waals surface area contributed by atoms with E-state index in [9.17, 15) is 9.59 Å². The Kier molecular flexibility index (Phi) is 6.45. The average molecular weight is 346 g/mol. The number of methoxy groups -OCH3 is 1. The maximum absolute atomic E-state index is 13.0. The van der Waals surface area contributed by atoms with Gasteiger partial charge in [-0.2, -0.15) is 0 Å². The summed E-state index contributed by atoms with van der Waals surface area (Å²) in [7, 11) is 1.64. The number of aryl methyl sites for hydroxylation is 2. The van der Waals surface area contributed by atoms with Gasteiger partial charge in [-0.3, -0.25) is 9.59 Å². The molecule has 1 aliphatic heterocycles. The van der Waals surface area contributed by atoms with Gasteiger partial charge in [0.1, 0.15) is 5.75 Å². The maximum Gasteiger partial charge on any atom is 0.254 e. The topological polar surface area (TPSA) is 49.9 Å². The van der Waals surface area contributed by atoms with Crippen molar-refractivity contribution in [1.82, 2.24) is 9.80 Å². The van der Waals surface area contributed by atoms with Crippen molar-refractivity contribution in [1.29, 1.82) is 0 Å². The molecule has 1 fully saturated rings. The van der Waals surface area contributed by atoms with Gasteiger partial charge in [-0.15, -0.1) is 0 Å². The second-order valence-electron chi connectivity index (χ2n) is 7.26. The molecule has 5 heteroatoms. The quantitative estimate of drug-likeness (QED) is 0.842. The predicted molar refractivity (Wildman–Crippen MR) is 99.0 cm³/mol. The third kappa shape index (κ3) is 4.74. The molecule has 2 amide bonds. The molecule has 0 spiro atoms. The zero-order valence-corrected chi connectivity index (χ0v) is 16.1. The lowest BCUT2D eigenvalue weighted by atomic mass is 10.0. The fourth-order valence-electron chi connectivity index (χ4n) is 3.26. The van der Waals surface area contributed by atoms with E-state index in [0.717, 1.165) is 35.4 Å². The fourth-order valence-corrected chi connectivity index (χ4v) is 3.26. The van der Waals surface area contributed by atoms with Crippen molar-refractivity contribution in [2.45, 2.75) is 40.5 Å². The number of rotatable bonds is 4. The molecule has 0 aromatic heterocycles. The van der Waals surface area contributed by atoms with Crippen molar-refractivity contribution < 1.29 is 14.3 Å². The van der Waals surface area contributed by atoms with Crippen molar-refractivity contribution >= 4 is 11.8 Å². The number of carbonyl (C=O) groups excluding carboxylic acids is 2. The van der Waals surface area contributed by atoms with Crippen LogP contribution in [0.1, 0.15) is 48.2 Å². The second-order valence-corrected chi connectivity index (χ2v) is 7.26. The van der Waals surface area contributed by atoms with Gasteiger partial charge in [-0.1, -0.05) is 13.8 Å². The molecular formula is C20H30N2O3. The highest BCUT2D eigenvalue weighted by Gasteiger charge is 2.24. The SMILES string of the molecule is COc1cc(C)c(C(=O)N2CCCN(C(=O)CC(C)C)CC2)cc1C. The first kappa shape index (κ1) is 19.3. The Morgan fingerprint density at radius 1 is 1.04 bits per heavy atom. The molecule has 0 saturated carbocycles. The van der Waals surface area contributed by atoms with Crippen LogP contribution in [0.15, 0.2) is 12.1 Å². The Morgan fingerprint density at radius 3 is 2.32 bits per heavy atom. The molecule has 1 aromatic carbocycles. The van der Waals surface area contributed by atoms with Crippen LogP contribution in [0.2, 0.25) is 0 Å². The minimum atomic E-state index is 0.0430. The van der Waals surface area contributed by atoms with E-state index >= 15 is 0 Å². The Labute approximate surface area is 150 Å². The molecule has 0 N–H and O–H groups in total. The summed E-state index contributed by atoms with van der Waals surface area (Å²) in [4.78, 5) is 29.0.